The molecular weight excluding hydrogens is 736 g/mol. The fraction of sp³-hybridized carbons (Fsp3) is 0.0182. The highest BCUT2D eigenvalue weighted by atomic mass is 31.2. The number of para-hydroxylation sites is 4. The lowest BCUT2D eigenvalue weighted by Crippen LogP contribution is -2.17. The zero-order valence-corrected chi connectivity index (χ0v) is 33.4. The molecule has 2 aromatic heterocycles. The summed E-state index contributed by atoms with van der Waals surface area (Å²) in [5.41, 5.74) is 10.2. The van der Waals surface area contributed by atoms with Crippen LogP contribution in [0.15, 0.2) is 206 Å². The summed E-state index contributed by atoms with van der Waals surface area (Å²) in [4.78, 5) is 0. The molecule has 3 nitrogen and oxygen atoms in total. The van der Waals surface area contributed by atoms with Gasteiger partial charge in [0.2, 0.25) is 0 Å². The van der Waals surface area contributed by atoms with E-state index < -0.39 is 7.14 Å². The van der Waals surface area contributed by atoms with Crippen molar-refractivity contribution in [3.63, 3.8) is 0 Å². The summed E-state index contributed by atoms with van der Waals surface area (Å²) in [6.07, 6.45) is 13.4. The second-order valence-electron chi connectivity index (χ2n) is 14.9. The Morgan fingerprint density at radius 3 is 1.22 bits per heavy atom. The third-order valence-electron chi connectivity index (χ3n) is 11.3. The second-order valence-corrected chi connectivity index (χ2v) is 17.8. The van der Waals surface area contributed by atoms with Gasteiger partial charge in [-0.1, -0.05) is 170 Å². The molecule has 0 radical (unpaired) electrons. The smallest absolute Gasteiger partial charge is 0.146 e. The van der Waals surface area contributed by atoms with Gasteiger partial charge in [0.1, 0.15) is 7.14 Å². The largest absolute Gasteiger partial charge is 0.316 e. The minimum absolute atomic E-state index is 0.421. The minimum Gasteiger partial charge on any atom is -0.316 e. The molecule has 0 N–H and O–H groups in total. The molecule has 0 unspecified atom stereocenters. The minimum atomic E-state index is -2.91. The summed E-state index contributed by atoms with van der Waals surface area (Å²) in [5, 5.41) is 6.71. The van der Waals surface area contributed by atoms with Crippen LogP contribution in [0.5, 0.6) is 0 Å². The SMILES string of the molecule is O=P(CC=Cc1cc(C=Cn2c3ccccc3c3ccccc32)cc(-c2ccc(C=Cn3c4ccccc4c4ccccc43)cc2)c1)(c1ccccc1)c1ccccc1. The van der Waals surface area contributed by atoms with Gasteiger partial charge in [0.25, 0.3) is 0 Å². The highest BCUT2D eigenvalue weighted by Crippen LogP contribution is 2.43. The van der Waals surface area contributed by atoms with Crippen molar-refractivity contribution < 1.29 is 4.57 Å². The maximum absolute atomic E-state index is 14.8. The molecule has 10 rings (SSSR count). The molecule has 282 valence electrons. The van der Waals surface area contributed by atoms with Crippen LogP contribution in [0.4, 0.5) is 0 Å². The molecule has 0 aliphatic carbocycles. The molecule has 59 heavy (non-hydrogen) atoms. The third-order valence-corrected chi connectivity index (χ3v) is 14.3. The van der Waals surface area contributed by atoms with E-state index in [0.29, 0.717) is 6.16 Å². The van der Waals surface area contributed by atoms with Gasteiger partial charge in [-0.15, -0.1) is 0 Å². The van der Waals surface area contributed by atoms with Gasteiger partial charge in [-0.05, 0) is 82.4 Å². The van der Waals surface area contributed by atoms with E-state index in [1.807, 2.05) is 60.7 Å². The predicted molar refractivity (Wildman–Crippen MR) is 255 cm³/mol. The number of rotatable bonds is 10. The molecule has 4 heteroatoms. The van der Waals surface area contributed by atoms with Crippen LogP contribution < -0.4 is 10.6 Å². The molecule has 0 spiro atoms. The molecule has 8 aromatic carbocycles. The van der Waals surface area contributed by atoms with Gasteiger partial charge in [-0.25, -0.2) is 0 Å². The predicted octanol–water partition coefficient (Wildman–Crippen LogP) is 13.9. The number of hydrogen-bond acceptors (Lipinski definition) is 1. The first-order valence-corrected chi connectivity index (χ1v) is 22.0. The van der Waals surface area contributed by atoms with Gasteiger partial charge in [0.15, 0.2) is 0 Å². The number of allylic oxidation sites excluding steroid dienone is 1. The van der Waals surface area contributed by atoms with Gasteiger partial charge in [-0.3, -0.25) is 0 Å². The third kappa shape index (κ3) is 6.97. The van der Waals surface area contributed by atoms with Crippen LogP contribution in [-0.2, 0) is 4.57 Å². The van der Waals surface area contributed by atoms with E-state index in [9.17, 15) is 4.57 Å². The van der Waals surface area contributed by atoms with Crippen molar-refractivity contribution in [2.45, 2.75) is 0 Å². The molecule has 0 aliphatic heterocycles. The van der Waals surface area contributed by atoms with Crippen LogP contribution in [0.25, 0.3) is 85.4 Å². The first-order valence-electron chi connectivity index (χ1n) is 20.1. The lowest BCUT2D eigenvalue weighted by atomic mass is 9.98. The average Bonchev–Trinajstić information content (AvgIpc) is 3.80. The standard InChI is InChI=1S/C55H41N2OP/c58-59(46-17-3-1-4-18-46,47-19-5-2-6-20-47)37-15-16-42-38-43(34-36-57-54-27-13-9-23-50(54)51-24-10-14-28-55(51)57)40-45(39-42)44-31-29-41(30-32-44)33-35-56-52-25-11-7-21-48(52)49-22-8-12-26-53(49)56/h1-36,38-40H,37H2. The fourth-order valence-electron chi connectivity index (χ4n) is 8.40. The average molecular weight is 777 g/mol. The molecular formula is C55H41N2OP. The lowest BCUT2D eigenvalue weighted by Gasteiger charge is -2.17. The van der Waals surface area contributed by atoms with Crippen LogP contribution in [0.2, 0.25) is 0 Å². The van der Waals surface area contributed by atoms with Crippen molar-refractivity contribution in [2.24, 2.45) is 0 Å². The Hall–Kier alpha value is -7.19. The first kappa shape index (κ1) is 36.2. The molecule has 0 aliphatic rings. The number of nitrogens with zero attached hydrogens (tertiary/aromatic N) is 2. The summed E-state index contributed by atoms with van der Waals surface area (Å²) >= 11 is 0. The number of hydrogen-bond donors (Lipinski definition) is 0. The summed E-state index contributed by atoms with van der Waals surface area (Å²) in [5.74, 6) is 0. The van der Waals surface area contributed by atoms with Crippen molar-refractivity contribution in [3.8, 4) is 11.1 Å². The second kappa shape index (κ2) is 15.6. The van der Waals surface area contributed by atoms with E-state index in [1.54, 1.807) is 0 Å². The lowest BCUT2D eigenvalue weighted by molar-refractivity contribution is 0.588. The van der Waals surface area contributed by atoms with Crippen molar-refractivity contribution in [3.05, 3.63) is 223 Å². The van der Waals surface area contributed by atoms with Crippen LogP contribution >= 0.6 is 7.14 Å². The van der Waals surface area contributed by atoms with Crippen molar-refractivity contribution in [1.82, 2.24) is 9.13 Å². The molecule has 2 heterocycles. The Bertz CT molecular complexity index is 3110. The summed E-state index contributed by atoms with van der Waals surface area (Å²) in [7, 11) is -2.91. The number of aromatic nitrogens is 2. The van der Waals surface area contributed by atoms with E-state index in [4.69, 9.17) is 0 Å². The summed E-state index contributed by atoms with van der Waals surface area (Å²) < 4.78 is 19.4. The molecule has 0 saturated carbocycles. The molecule has 0 saturated heterocycles. The maximum atomic E-state index is 14.8. The van der Waals surface area contributed by atoms with Crippen molar-refractivity contribution >= 4 is 92.0 Å². The Morgan fingerprint density at radius 2 is 0.763 bits per heavy atom. The normalized spacial score (nSPS) is 12.3. The molecule has 10 aromatic rings. The molecule has 0 fully saturated rings. The van der Waals surface area contributed by atoms with Crippen LogP contribution in [0.3, 0.4) is 0 Å². The Labute approximate surface area is 344 Å². The summed E-state index contributed by atoms with van der Waals surface area (Å²) in [6, 6.07) is 69.5. The van der Waals surface area contributed by atoms with Crippen LogP contribution in [0.1, 0.15) is 16.7 Å². The van der Waals surface area contributed by atoms with Crippen molar-refractivity contribution in [1.29, 1.82) is 0 Å². The highest BCUT2D eigenvalue weighted by molar-refractivity contribution is 7.78. The van der Waals surface area contributed by atoms with Crippen molar-refractivity contribution in [2.75, 3.05) is 6.16 Å². The van der Waals surface area contributed by atoms with E-state index in [0.717, 1.165) is 38.4 Å². The highest BCUT2D eigenvalue weighted by Gasteiger charge is 2.25. The number of fused-ring (bicyclic) bond motifs is 6. The van der Waals surface area contributed by atoms with Gasteiger partial charge in [-0.2, -0.15) is 0 Å². The monoisotopic (exact) mass is 776 g/mol. The zero-order valence-electron chi connectivity index (χ0n) is 32.5. The molecule has 0 bridgehead atoms. The maximum Gasteiger partial charge on any atom is 0.146 e. The zero-order chi connectivity index (χ0) is 39.6. The van der Waals surface area contributed by atoms with E-state index in [-0.39, 0.29) is 0 Å². The van der Waals surface area contributed by atoms with E-state index in [1.165, 1.54) is 43.6 Å². The van der Waals surface area contributed by atoms with Gasteiger partial charge < -0.3 is 13.7 Å². The number of benzene rings is 8. The Morgan fingerprint density at radius 1 is 0.373 bits per heavy atom. The van der Waals surface area contributed by atoms with Gasteiger partial charge in [0.05, 0.1) is 22.1 Å². The first-order chi connectivity index (χ1) is 29.1. The van der Waals surface area contributed by atoms with Crippen LogP contribution in [0, 0.1) is 0 Å². The molecule has 0 amide bonds. The van der Waals surface area contributed by atoms with Crippen LogP contribution in [-0.4, -0.2) is 15.3 Å². The Balaban J connectivity index is 1.01. The fourth-order valence-corrected chi connectivity index (χ4v) is 10.8. The van der Waals surface area contributed by atoms with E-state index in [2.05, 4.69) is 185 Å². The summed E-state index contributed by atoms with van der Waals surface area (Å²) in [6.45, 7) is 0. The quantitative estimate of drug-likeness (QED) is 0.127. The Kier molecular flexibility index (Phi) is 9.58. The topological polar surface area (TPSA) is 26.9 Å². The molecule has 0 atom stereocenters. The van der Waals surface area contributed by atoms with Gasteiger partial charge in [0, 0.05) is 50.7 Å². The van der Waals surface area contributed by atoms with Gasteiger partial charge >= 0.3 is 0 Å². The van der Waals surface area contributed by atoms with E-state index >= 15 is 0 Å².